The molecule has 0 spiro atoms. The third-order valence-electron chi connectivity index (χ3n) is 2.37. The maximum absolute atomic E-state index is 5.92. The van der Waals surface area contributed by atoms with E-state index in [-0.39, 0.29) is 0 Å². The van der Waals surface area contributed by atoms with Crippen molar-refractivity contribution in [1.29, 1.82) is 0 Å². The van der Waals surface area contributed by atoms with E-state index >= 15 is 0 Å². The van der Waals surface area contributed by atoms with Crippen LogP contribution in [-0.4, -0.2) is 4.68 Å². The molecule has 0 atom stereocenters. The quantitative estimate of drug-likeness (QED) is 0.454. The maximum atomic E-state index is 5.92. The molecule has 1 aromatic rings. The molecule has 1 heterocycles. The molecule has 13 heavy (non-hydrogen) atoms. The summed E-state index contributed by atoms with van der Waals surface area (Å²) in [5, 5.41) is 2.27. The van der Waals surface area contributed by atoms with Gasteiger partial charge in [0, 0.05) is 16.9 Å². The molecule has 0 unspecified atom stereocenters. The molecule has 2 nitrogen and oxygen atoms in total. The Labute approximate surface area is 77.0 Å². The third-order valence-corrected chi connectivity index (χ3v) is 2.37. The lowest BCUT2D eigenvalue weighted by atomic mass is 10.2. The van der Waals surface area contributed by atoms with Gasteiger partial charge in [-0.2, -0.15) is 0 Å². The van der Waals surface area contributed by atoms with Crippen molar-refractivity contribution in [3.63, 3.8) is 0 Å². The van der Waals surface area contributed by atoms with Gasteiger partial charge >= 0.3 is 0 Å². The second-order valence-corrected chi connectivity index (χ2v) is 3.00. The lowest BCUT2D eigenvalue weighted by Crippen LogP contribution is -2.34. The molecule has 0 fully saturated rings. The van der Waals surface area contributed by atoms with Crippen molar-refractivity contribution >= 4 is 24.3 Å². The van der Waals surface area contributed by atoms with E-state index in [2.05, 4.69) is 11.8 Å². The van der Waals surface area contributed by atoms with Crippen LogP contribution in [0.25, 0.3) is 24.3 Å². The number of hydrogen-bond acceptors (Lipinski definition) is 1. The van der Waals surface area contributed by atoms with Crippen LogP contribution in [-0.2, 0) is 0 Å². The van der Waals surface area contributed by atoms with Crippen molar-refractivity contribution in [3.05, 3.63) is 27.6 Å². The molecule has 1 aliphatic carbocycles. The first-order chi connectivity index (χ1) is 6.29. The maximum Gasteiger partial charge on any atom is 0.0786 e. The fourth-order valence-corrected chi connectivity index (χ4v) is 1.77. The Morgan fingerprint density at radius 3 is 2.69 bits per heavy atom. The first-order valence-electron chi connectivity index (χ1n) is 4.34. The third kappa shape index (κ3) is 0.895. The van der Waals surface area contributed by atoms with Crippen molar-refractivity contribution in [1.82, 2.24) is 4.68 Å². The van der Waals surface area contributed by atoms with Crippen molar-refractivity contribution in [3.8, 4) is 0 Å². The van der Waals surface area contributed by atoms with Gasteiger partial charge in [0.15, 0.2) is 0 Å². The number of nitrogens with zero attached hydrogens (tertiary/aromatic N) is 1. The molecule has 0 saturated heterocycles. The monoisotopic (exact) mass is 172 g/mol. The summed E-state index contributed by atoms with van der Waals surface area (Å²) in [6, 6.07) is 0. The zero-order chi connectivity index (χ0) is 9.42. The van der Waals surface area contributed by atoms with Crippen LogP contribution >= 0.6 is 0 Å². The van der Waals surface area contributed by atoms with Gasteiger partial charge in [0.25, 0.3) is 0 Å². The van der Waals surface area contributed by atoms with E-state index in [9.17, 15) is 0 Å². The smallest absolute Gasteiger partial charge is 0.0786 e. The Bertz CT molecular complexity index is 523. The van der Waals surface area contributed by atoms with Gasteiger partial charge in [-0.3, -0.25) is 4.68 Å². The fourth-order valence-electron chi connectivity index (χ4n) is 1.77. The fraction of sp³-hybridized carbons (Fsp3) is 0.182. The highest BCUT2D eigenvalue weighted by molar-refractivity contribution is 5.72. The number of rotatable bonds is 0. The molecule has 2 heteroatoms. The normalized spacial score (nSPS) is 15.8. The van der Waals surface area contributed by atoms with Gasteiger partial charge < -0.3 is 5.84 Å². The molecule has 0 radical (unpaired) electrons. The predicted molar refractivity (Wildman–Crippen MR) is 56.6 cm³/mol. The van der Waals surface area contributed by atoms with E-state index in [1.165, 1.54) is 10.8 Å². The lowest BCUT2D eigenvalue weighted by molar-refractivity contribution is 0.958. The van der Waals surface area contributed by atoms with Gasteiger partial charge in [0.1, 0.15) is 0 Å². The molecule has 2 rings (SSSR count). The Balaban J connectivity index is 3.01. The van der Waals surface area contributed by atoms with Crippen molar-refractivity contribution in [2.24, 2.45) is 0 Å². The van der Waals surface area contributed by atoms with Gasteiger partial charge in [0.2, 0.25) is 0 Å². The number of aromatic nitrogens is 1. The second kappa shape index (κ2) is 2.68. The Kier molecular flexibility index (Phi) is 1.64. The molecular weight excluding hydrogens is 160 g/mol. The largest absolute Gasteiger partial charge is 0.339 e. The lowest BCUT2D eigenvalue weighted by Gasteiger charge is -1.94. The summed E-state index contributed by atoms with van der Waals surface area (Å²) in [5.41, 5.74) is 5.27. The van der Waals surface area contributed by atoms with E-state index in [4.69, 9.17) is 5.84 Å². The highest BCUT2D eigenvalue weighted by Gasteiger charge is 2.10. The Morgan fingerprint density at radius 1 is 1.31 bits per heavy atom. The molecule has 2 N–H and O–H groups in total. The van der Waals surface area contributed by atoms with Gasteiger partial charge in [-0.15, -0.1) is 5.73 Å². The van der Waals surface area contributed by atoms with E-state index in [1.54, 1.807) is 4.68 Å². The summed E-state index contributed by atoms with van der Waals surface area (Å²) >= 11 is 0. The van der Waals surface area contributed by atoms with E-state index < -0.39 is 0 Å². The molecular formula is C11H12N2. The average molecular weight is 172 g/mol. The molecule has 1 aliphatic rings. The van der Waals surface area contributed by atoms with E-state index in [1.807, 2.05) is 32.1 Å². The van der Waals surface area contributed by atoms with E-state index in [0.717, 1.165) is 11.0 Å². The van der Waals surface area contributed by atoms with E-state index in [0.29, 0.717) is 0 Å². The highest BCUT2D eigenvalue weighted by Crippen LogP contribution is 2.10. The Morgan fingerprint density at radius 2 is 2.08 bits per heavy atom. The second-order valence-electron chi connectivity index (χ2n) is 3.00. The summed E-state index contributed by atoms with van der Waals surface area (Å²) in [4.78, 5) is 0. The van der Waals surface area contributed by atoms with Crippen molar-refractivity contribution in [2.45, 2.75) is 13.8 Å². The highest BCUT2D eigenvalue weighted by atomic mass is 15.3. The summed E-state index contributed by atoms with van der Waals surface area (Å²) in [5.74, 6) is 5.92. The number of hydrogen-bond donors (Lipinski definition) is 1. The van der Waals surface area contributed by atoms with Crippen LogP contribution in [0.2, 0.25) is 0 Å². The van der Waals surface area contributed by atoms with Gasteiger partial charge in [-0.25, -0.2) is 0 Å². The number of nitrogen functional groups attached to an aromatic ring is 1. The minimum absolute atomic E-state index is 1.04. The number of nitrogens with two attached hydrogens (primary N) is 1. The van der Waals surface area contributed by atoms with Crippen LogP contribution in [0.15, 0.2) is 5.73 Å². The molecule has 0 aliphatic heterocycles. The van der Waals surface area contributed by atoms with Crippen molar-refractivity contribution in [2.75, 3.05) is 5.84 Å². The SMILES string of the molecule is C/C=c1/c2c(n(N)/c1=C/C)C=C=C2. The zero-order valence-corrected chi connectivity index (χ0v) is 7.83. The standard InChI is InChI=1S/C11H12N2/c1-3-8-9-6-5-7-11(9)13(12)10(8)4-2/h3-4,6-7H,12H2,1-2H3/b8-3-,10-4+. The predicted octanol–water partition coefficient (Wildman–Crippen LogP) is 0.442. The average Bonchev–Trinajstić information content (AvgIpc) is 2.67. The summed E-state index contributed by atoms with van der Waals surface area (Å²) in [7, 11) is 0. The van der Waals surface area contributed by atoms with Crippen LogP contribution in [0.3, 0.4) is 0 Å². The first kappa shape index (κ1) is 7.96. The van der Waals surface area contributed by atoms with Gasteiger partial charge in [-0.05, 0) is 19.9 Å². The molecule has 0 bridgehead atoms. The van der Waals surface area contributed by atoms with Crippen LogP contribution in [0.4, 0.5) is 0 Å². The molecule has 0 amide bonds. The van der Waals surface area contributed by atoms with Crippen LogP contribution in [0, 0.1) is 0 Å². The van der Waals surface area contributed by atoms with Gasteiger partial charge in [0.05, 0.1) is 11.0 Å². The zero-order valence-electron chi connectivity index (χ0n) is 7.83. The minimum Gasteiger partial charge on any atom is -0.339 e. The molecule has 0 aromatic carbocycles. The molecule has 1 aromatic heterocycles. The first-order valence-corrected chi connectivity index (χ1v) is 4.34. The van der Waals surface area contributed by atoms with Crippen LogP contribution < -0.4 is 16.4 Å². The molecule has 66 valence electrons. The summed E-state index contributed by atoms with van der Waals surface area (Å²) < 4.78 is 1.71. The number of fused-ring (bicyclic) bond motifs is 1. The minimum atomic E-state index is 1.04. The Hall–Kier alpha value is -1.66. The summed E-state index contributed by atoms with van der Waals surface area (Å²) in [6.45, 7) is 4.02. The van der Waals surface area contributed by atoms with Crippen LogP contribution in [0.5, 0.6) is 0 Å². The van der Waals surface area contributed by atoms with Gasteiger partial charge in [-0.1, -0.05) is 12.2 Å². The summed E-state index contributed by atoms with van der Waals surface area (Å²) in [6.07, 6.45) is 7.99. The van der Waals surface area contributed by atoms with Crippen molar-refractivity contribution < 1.29 is 0 Å². The van der Waals surface area contributed by atoms with Crippen LogP contribution in [0.1, 0.15) is 25.1 Å². The molecule has 0 saturated carbocycles. The topological polar surface area (TPSA) is 30.9 Å².